The maximum atomic E-state index is 14.5. The first-order valence-corrected chi connectivity index (χ1v) is 11.4. The molecule has 9 nitrogen and oxygen atoms in total. The molecule has 0 radical (unpaired) electrons. The Bertz CT molecular complexity index is 1160. The van der Waals surface area contributed by atoms with Crippen molar-refractivity contribution >= 4 is 17.3 Å². The number of aromatic nitrogens is 2. The number of rotatable bonds is 9. The Morgan fingerprint density at radius 2 is 1.47 bits per heavy atom. The lowest BCUT2D eigenvalue weighted by molar-refractivity contribution is 0.280. The van der Waals surface area contributed by atoms with Crippen LogP contribution >= 0.6 is 0 Å². The third-order valence-electron chi connectivity index (χ3n) is 5.96. The van der Waals surface area contributed by atoms with Gasteiger partial charge in [0.15, 0.2) is 28.9 Å². The van der Waals surface area contributed by atoms with Crippen LogP contribution in [-0.4, -0.2) is 69.4 Å². The Hall–Kier alpha value is -3.86. The van der Waals surface area contributed by atoms with Crippen LogP contribution in [-0.2, 0) is 6.61 Å². The monoisotopic (exact) mass is 501 g/mol. The number of halogens is 2. The zero-order chi connectivity index (χ0) is 25.7. The summed E-state index contributed by atoms with van der Waals surface area (Å²) in [6.45, 7) is 3.46. The van der Waals surface area contributed by atoms with E-state index < -0.39 is 18.2 Å². The second-order valence-corrected chi connectivity index (χ2v) is 8.22. The largest absolute Gasteiger partial charge is 0.495 e. The number of likely N-dealkylation sites (N-methyl/N-ethyl adjacent to an activating group) is 1. The maximum Gasteiger partial charge on any atom is 0.227 e. The molecule has 1 saturated heterocycles. The highest BCUT2D eigenvalue weighted by Gasteiger charge is 2.21. The molecule has 36 heavy (non-hydrogen) atoms. The fraction of sp³-hybridized carbons (Fsp3) is 0.360. The van der Waals surface area contributed by atoms with Gasteiger partial charge in [0, 0.05) is 44.0 Å². The highest BCUT2D eigenvalue weighted by molar-refractivity contribution is 5.67. The number of piperazine rings is 1. The molecule has 0 aliphatic carbocycles. The first-order chi connectivity index (χ1) is 17.4. The number of nitrogens with zero attached hydrogens (tertiary/aromatic N) is 4. The van der Waals surface area contributed by atoms with Crippen molar-refractivity contribution in [2.75, 3.05) is 64.8 Å². The van der Waals surface area contributed by atoms with Gasteiger partial charge < -0.3 is 34.1 Å². The predicted octanol–water partition coefficient (Wildman–Crippen LogP) is 3.86. The molecule has 0 amide bonds. The Morgan fingerprint density at radius 3 is 2.06 bits per heavy atom. The standard InChI is InChI=1S/C25H29F2N5O4/c1-31-7-9-32(10-8-31)19-6-5-16(11-20(19)33-2)30-25-28-13-17(14-29-25)36-15-18-23(26)21(34-3)12-22(35-4)24(18)27/h5-6,11-14H,7-10,15H2,1-4H3,(H,28,29,30). The number of ether oxygens (including phenoxy) is 4. The number of benzene rings is 2. The van der Waals surface area contributed by atoms with Gasteiger partial charge in [-0.2, -0.15) is 0 Å². The lowest BCUT2D eigenvalue weighted by atomic mass is 10.1. The number of anilines is 3. The molecule has 1 fully saturated rings. The minimum absolute atomic E-state index is 0.142. The van der Waals surface area contributed by atoms with E-state index in [1.807, 2.05) is 18.2 Å². The summed E-state index contributed by atoms with van der Waals surface area (Å²) >= 11 is 0. The number of hydrogen-bond acceptors (Lipinski definition) is 9. The molecule has 1 aliphatic rings. The summed E-state index contributed by atoms with van der Waals surface area (Å²) in [5.41, 5.74) is 1.47. The van der Waals surface area contributed by atoms with Crippen molar-refractivity contribution in [3.05, 3.63) is 53.9 Å². The van der Waals surface area contributed by atoms with Crippen LogP contribution in [0.1, 0.15) is 5.56 Å². The molecule has 3 aromatic rings. The fourth-order valence-electron chi connectivity index (χ4n) is 3.87. The van der Waals surface area contributed by atoms with E-state index in [-0.39, 0.29) is 22.8 Å². The summed E-state index contributed by atoms with van der Waals surface area (Å²) in [6.07, 6.45) is 2.83. The Kier molecular flexibility index (Phi) is 7.89. The minimum atomic E-state index is -0.857. The first-order valence-electron chi connectivity index (χ1n) is 11.4. The van der Waals surface area contributed by atoms with Gasteiger partial charge in [0.25, 0.3) is 0 Å². The van der Waals surface area contributed by atoms with E-state index >= 15 is 0 Å². The van der Waals surface area contributed by atoms with Gasteiger partial charge in [-0.25, -0.2) is 18.7 Å². The van der Waals surface area contributed by atoms with Crippen LogP contribution in [0.4, 0.5) is 26.1 Å². The first kappa shape index (κ1) is 25.2. The van der Waals surface area contributed by atoms with Crippen molar-refractivity contribution in [1.29, 1.82) is 0 Å². The lowest BCUT2D eigenvalue weighted by Gasteiger charge is -2.34. The molecule has 2 aromatic carbocycles. The van der Waals surface area contributed by atoms with Crippen LogP contribution < -0.4 is 29.2 Å². The SMILES string of the molecule is COc1cc(Nc2ncc(OCc3c(F)c(OC)cc(OC)c3F)cn2)ccc1N1CCN(C)CC1. The molecule has 0 unspecified atom stereocenters. The minimum Gasteiger partial charge on any atom is -0.495 e. The Balaban J connectivity index is 1.42. The van der Waals surface area contributed by atoms with E-state index in [1.54, 1.807) is 7.11 Å². The number of nitrogens with one attached hydrogen (secondary N) is 1. The van der Waals surface area contributed by atoms with Crippen molar-refractivity contribution in [1.82, 2.24) is 14.9 Å². The van der Waals surface area contributed by atoms with Crippen LogP contribution in [0.5, 0.6) is 23.0 Å². The molecule has 0 atom stereocenters. The molecule has 0 bridgehead atoms. The second-order valence-electron chi connectivity index (χ2n) is 8.22. The van der Waals surface area contributed by atoms with Gasteiger partial charge in [-0.05, 0) is 19.2 Å². The molecule has 2 heterocycles. The average molecular weight is 502 g/mol. The second kappa shape index (κ2) is 11.3. The summed E-state index contributed by atoms with van der Waals surface area (Å²) in [5, 5.41) is 3.13. The topological polar surface area (TPSA) is 81.2 Å². The summed E-state index contributed by atoms with van der Waals surface area (Å²) < 4.78 is 50.1. The van der Waals surface area contributed by atoms with Gasteiger partial charge in [-0.1, -0.05) is 0 Å². The van der Waals surface area contributed by atoms with Crippen molar-refractivity contribution in [3.8, 4) is 23.0 Å². The van der Waals surface area contributed by atoms with E-state index in [4.69, 9.17) is 18.9 Å². The quantitative estimate of drug-likeness (QED) is 0.470. The zero-order valence-corrected chi connectivity index (χ0v) is 20.7. The summed E-state index contributed by atoms with van der Waals surface area (Å²) in [4.78, 5) is 13.1. The van der Waals surface area contributed by atoms with Crippen LogP contribution in [0.15, 0.2) is 36.7 Å². The van der Waals surface area contributed by atoms with Crippen molar-refractivity contribution in [3.63, 3.8) is 0 Å². The molecule has 1 N–H and O–H groups in total. The maximum absolute atomic E-state index is 14.5. The molecular formula is C25H29F2N5O4. The van der Waals surface area contributed by atoms with Crippen molar-refractivity contribution in [2.45, 2.75) is 6.61 Å². The van der Waals surface area contributed by atoms with Gasteiger partial charge >= 0.3 is 0 Å². The fourth-order valence-corrected chi connectivity index (χ4v) is 3.87. The number of methoxy groups -OCH3 is 3. The summed E-state index contributed by atoms with van der Waals surface area (Å²) in [6, 6.07) is 6.98. The summed E-state index contributed by atoms with van der Waals surface area (Å²) in [7, 11) is 6.33. The lowest BCUT2D eigenvalue weighted by Crippen LogP contribution is -2.44. The third kappa shape index (κ3) is 5.51. The van der Waals surface area contributed by atoms with Gasteiger partial charge in [0.1, 0.15) is 12.4 Å². The normalized spacial score (nSPS) is 13.9. The van der Waals surface area contributed by atoms with Crippen LogP contribution in [0.25, 0.3) is 0 Å². The van der Waals surface area contributed by atoms with Crippen molar-refractivity contribution in [2.24, 2.45) is 0 Å². The molecule has 4 rings (SSSR count). The highest BCUT2D eigenvalue weighted by Crippen LogP contribution is 2.33. The Labute approximate surface area is 208 Å². The smallest absolute Gasteiger partial charge is 0.227 e. The van der Waals surface area contributed by atoms with E-state index in [0.29, 0.717) is 5.95 Å². The van der Waals surface area contributed by atoms with Gasteiger partial charge in [0.2, 0.25) is 5.95 Å². The van der Waals surface area contributed by atoms with Crippen molar-refractivity contribution < 1.29 is 27.7 Å². The van der Waals surface area contributed by atoms with E-state index in [1.165, 1.54) is 26.6 Å². The zero-order valence-electron chi connectivity index (χ0n) is 20.7. The Morgan fingerprint density at radius 1 is 0.861 bits per heavy atom. The van der Waals surface area contributed by atoms with E-state index in [2.05, 4.69) is 32.1 Å². The molecule has 1 aromatic heterocycles. The number of hydrogen-bond donors (Lipinski definition) is 1. The van der Waals surface area contributed by atoms with Gasteiger partial charge in [-0.3, -0.25) is 0 Å². The predicted molar refractivity (Wildman–Crippen MR) is 132 cm³/mol. The van der Waals surface area contributed by atoms with Crippen LogP contribution in [0.3, 0.4) is 0 Å². The van der Waals surface area contributed by atoms with Gasteiger partial charge in [0.05, 0.1) is 45.0 Å². The molecule has 1 aliphatic heterocycles. The molecule has 192 valence electrons. The van der Waals surface area contributed by atoms with Crippen LogP contribution in [0.2, 0.25) is 0 Å². The molecule has 0 spiro atoms. The highest BCUT2D eigenvalue weighted by atomic mass is 19.1. The van der Waals surface area contributed by atoms with E-state index in [0.717, 1.165) is 49.4 Å². The van der Waals surface area contributed by atoms with Gasteiger partial charge in [-0.15, -0.1) is 0 Å². The molecular weight excluding hydrogens is 472 g/mol. The van der Waals surface area contributed by atoms with E-state index in [9.17, 15) is 8.78 Å². The molecule has 11 heteroatoms. The summed E-state index contributed by atoms with van der Waals surface area (Å²) in [5.74, 6) is -0.676. The molecule has 0 saturated carbocycles. The average Bonchev–Trinajstić information content (AvgIpc) is 2.90. The van der Waals surface area contributed by atoms with Crippen LogP contribution in [0, 0.1) is 11.6 Å². The third-order valence-corrected chi connectivity index (χ3v) is 5.96.